The van der Waals surface area contributed by atoms with Gasteiger partial charge in [0, 0.05) is 16.8 Å². The topological polar surface area (TPSA) is 54.9 Å². The van der Waals surface area contributed by atoms with E-state index in [0.717, 1.165) is 47.9 Å². The molecule has 0 spiro atoms. The average molecular weight is 335 g/mol. The van der Waals surface area contributed by atoms with Gasteiger partial charge < -0.3 is 5.32 Å². The van der Waals surface area contributed by atoms with Gasteiger partial charge in [-0.3, -0.25) is 4.79 Å². The normalized spacial score (nSPS) is 13.5. The van der Waals surface area contributed by atoms with Gasteiger partial charge >= 0.3 is 0 Å². The molecule has 4 nitrogen and oxygen atoms in total. The molecule has 118 valence electrons. The first-order chi connectivity index (χ1) is 10.7. The summed E-state index contributed by atoms with van der Waals surface area (Å²) in [7, 11) is 0. The van der Waals surface area contributed by atoms with Gasteiger partial charge in [0.1, 0.15) is 15.7 Å². The molecule has 0 aromatic carbocycles. The molecule has 0 bridgehead atoms. The van der Waals surface area contributed by atoms with E-state index in [4.69, 9.17) is 0 Å². The Bertz CT molecular complexity index is 696. The van der Waals surface area contributed by atoms with E-state index >= 15 is 0 Å². The third-order valence-corrected chi connectivity index (χ3v) is 6.00. The van der Waals surface area contributed by atoms with Crippen molar-refractivity contribution in [2.24, 2.45) is 0 Å². The maximum Gasteiger partial charge on any atom is 0.230 e. The number of unbranched alkanes of at least 4 members (excludes halogenated alkanes) is 1. The third kappa shape index (κ3) is 3.27. The molecule has 0 saturated heterocycles. The van der Waals surface area contributed by atoms with Crippen molar-refractivity contribution in [1.29, 1.82) is 0 Å². The number of aromatic nitrogens is 2. The largest absolute Gasteiger partial charge is 0.355 e. The fourth-order valence-electron chi connectivity index (χ4n) is 2.76. The molecule has 1 amide bonds. The highest BCUT2D eigenvalue weighted by atomic mass is 32.2. The van der Waals surface area contributed by atoms with Gasteiger partial charge in [-0.05, 0) is 38.2 Å². The number of amides is 1. The summed E-state index contributed by atoms with van der Waals surface area (Å²) >= 11 is 3.35. The second kappa shape index (κ2) is 6.96. The van der Waals surface area contributed by atoms with Gasteiger partial charge in [-0.1, -0.05) is 25.1 Å². The summed E-state index contributed by atoms with van der Waals surface area (Å²) in [5, 5.41) is 5.14. The summed E-state index contributed by atoms with van der Waals surface area (Å²) in [5.41, 5.74) is 1.42. The van der Waals surface area contributed by atoms with Crippen LogP contribution < -0.4 is 5.32 Å². The number of thiophene rings is 1. The van der Waals surface area contributed by atoms with Crippen molar-refractivity contribution >= 4 is 39.2 Å². The Balaban J connectivity index is 1.77. The van der Waals surface area contributed by atoms with Gasteiger partial charge in [0.15, 0.2) is 0 Å². The first-order valence-electron chi connectivity index (χ1n) is 7.87. The van der Waals surface area contributed by atoms with Crippen LogP contribution in [0.2, 0.25) is 0 Å². The Morgan fingerprint density at radius 1 is 1.36 bits per heavy atom. The number of thioether (sulfide) groups is 1. The molecule has 22 heavy (non-hydrogen) atoms. The van der Waals surface area contributed by atoms with Crippen LogP contribution >= 0.6 is 23.1 Å². The number of nitrogens with zero attached hydrogens (tertiary/aromatic N) is 2. The van der Waals surface area contributed by atoms with Gasteiger partial charge in [0.25, 0.3) is 0 Å². The summed E-state index contributed by atoms with van der Waals surface area (Å²) in [4.78, 5) is 23.6. The lowest BCUT2D eigenvalue weighted by atomic mass is 10.2. The molecule has 0 atom stereocenters. The van der Waals surface area contributed by atoms with Crippen molar-refractivity contribution in [3.05, 3.63) is 16.3 Å². The number of fused-ring (bicyclic) bond motifs is 3. The van der Waals surface area contributed by atoms with Gasteiger partial charge in [-0.15, -0.1) is 11.3 Å². The Kier molecular flexibility index (Phi) is 4.98. The summed E-state index contributed by atoms with van der Waals surface area (Å²) in [6.45, 7) is 4.82. The molecule has 0 radical (unpaired) electrons. The molecular formula is C16H21N3OS2. The molecule has 6 heteroatoms. The minimum atomic E-state index is 0.0924. The van der Waals surface area contributed by atoms with Crippen LogP contribution in [0.5, 0.6) is 0 Å². The Morgan fingerprint density at radius 2 is 2.23 bits per heavy atom. The lowest BCUT2D eigenvalue weighted by Crippen LogP contribution is -2.26. The maximum absolute atomic E-state index is 11.9. The number of carbonyl (C=O) groups excluding carboxylic acids is 1. The molecule has 0 aliphatic heterocycles. The lowest BCUT2D eigenvalue weighted by molar-refractivity contribution is -0.118. The van der Waals surface area contributed by atoms with E-state index in [9.17, 15) is 4.79 Å². The molecular weight excluding hydrogens is 314 g/mol. The zero-order chi connectivity index (χ0) is 15.5. The van der Waals surface area contributed by atoms with Crippen molar-refractivity contribution in [2.45, 2.75) is 51.0 Å². The number of hydrogen-bond acceptors (Lipinski definition) is 5. The number of hydrogen-bond donors (Lipinski definition) is 1. The van der Waals surface area contributed by atoms with E-state index in [1.807, 2.05) is 6.92 Å². The van der Waals surface area contributed by atoms with Gasteiger partial charge in [-0.2, -0.15) is 0 Å². The minimum Gasteiger partial charge on any atom is -0.355 e. The zero-order valence-corrected chi connectivity index (χ0v) is 14.7. The fraction of sp³-hybridized carbons (Fsp3) is 0.562. The molecule has 2 aromatic heterocycles. The van der Waals surface area contributed by atoms with E-state index < -0.39 is 0 Å². The molecule has 0 saturated carbocycles. The monoisotopic (exact) mass is 335 g/mol. The molecule has 1 aliphatic rings. The van der Waals surface area contributed by atoms with Crippen molar-refractivity contribution in [3.8, 4) is 0 Å². The van der Waals surface area contributed by atoms with Crippen molar-refractivity contribution in [2.75, 3.05) is 12.3 Å². The minimum absolute atomic E-state index is 0.0924. The van der Waals surface area contributed by atoms with Gasteiger partial charge in [-0.25, -0.2) is 9.97 Å². The van der Waals surface area contributed by atoms with E-state index in [2.05, 4.69) is 22.2 Å². The van der Waals surface area contributed by atoms with Gasteiger partial charge in [0.05, 0.1) is 5.75 Å². The highest BCUT2D eigenvalue weighted by Crippen LogP contribution is 2.40. The van der Waals surface area contributed by atoms with Crippen LogP contribution in [0.25, 0.3) is 10.2 Å². The molecule has 2 heterocycles. The Morgan fingerprint density at radius 3 is 3.05 bits per heavy atom. The fourth-order valence-corrected chi connectivity index (χ4v) is 5.06. The summed E-state index contributed by atoms with van der Waals surface area (Å²) in [6.07, 6.45) is 5.65. The lowest BCUT2D eigenvalue weighted by Gasteiger charge is -2.06. The van der Waals surface area contributed by atoms with Crippen LogP contribution in [0.15, 0.2) is 5.03 Å². The van der Waals surface area contributed by atoms with Crippen molar-refractivity contribution < 1.29 is 4.79 Å². The molecule has 3 rings (SSSR count). The highest BCUT2D eigenvalue weighted by Gasteiger charge is 2.22. The first kappa shape index (κ1) is 15.7. The summed E-state index contributed by atoms with van der Waals surface area (Å²) < 4.78 is 0. The number of rotatable bonds is 6. The van der Waals surface area contributed by atoms with Crippen molar-refractivity contribution in [1.82, 2.24) is 15.3 Å². The average Bonchev–Trinajstić information content (AvgIpc) is 3.05. The van der Waals surface area contributed by atoms with E-state index in [1.54, 1.807) is 23.1 Å². The number of nitrogens with one attached hydrogen (secondary N) is 1. The predicted octanol–water partition coefficient (Wildman–Crippen LogP) is 3.50. The Hall–Kier alpha value is -1.14. The van der Waals surface area contributed by atoms with Crippen LogP contribution in [-0.4, -0.2) is 28.2 Å². The van der Waals surface area contributed by atoms with E-state index in [-0.39, 0.29) is 5.91 Å². The molecule has 1 aliphatic carbocycles. The van der Waals surface area contributed by atoms with Crippen molar-refractivity contribution in [3.63, 3.8) is 0 Å². The third-order valence-electron chi connectivity index (χ3n) is 3.84. The maximum atomic E-state index is 11.9. The first-order valence-corrected chi connectivity index (χ1v) is 9.67. The van der Waals surface area contributed by atoms with Crippen LogP contribution in [0.4, 0.5) is 0 Å². The molecule has 0 unspecified atom stereocenters. The highest BCUT2D eigenvalue weighted by molar-refractivity contribution is 8.00. The van der Waals surface area contributed by atoms with Crippen LogP contribution in [0, 0.1) is 6.92 Å². The summed E-state index contributed by atoms with van der Waals surface area (Å²) in [6, 6.07) is 0. The zero-order valence-electron chi connectivity index (χ0n) is 13.1. The van der Waals surface area contributed by atoms with Crippen LogP contribution in [0.1, 0.15) is 42.5 Å². The molecule has 0 fully saturated rings. The van der Waals surface area contributed by atoms with E-state index in [0.29, 0.717) is 5.75 Å². The summed E-state index contributed by atoms with van der Waals surface area (Å²) in [5.74, 6) is 1.32. The number of carbonyl (C=O) groups is 1. The SMILES string of the molecule is CCCCNC(=O)CSc1nc(C)nc2sc3c(c12)CCC3. The molecule has 1 N–H and O–H groups in total. The smallest absolute Gasteiger partial charge is 0.230 e. The Labute approximate surface area is 139 Å². The van der Waals surface area contributed by atoms with Gasteiger partial charge in [0.2, 0.25) is 5.91 Å². The second-order valence-corrected chi connectivity index (χ2v) is 7.65. The van der Waals surface area contributed by atoms with E-state index in [1.165, 1.54) is 22.2 Å². The standard InChI is InChI=1S/C16H21N3OS2/c1-3-4-8-17-13(20)9-21-15-14-11-6-5-7-12(11)22-16(14)19-10(2)18-15/h3-9H2,1-2H3,(H,17,20). The van der Waals surface area contributed by atoms with Crippen LogP contribution in [-0.2, 0) is 17.6 Å². The van der Waals surface area contributed by atoms with Crippen LogP contribution in [0.3, 0.4) is 0 Å². The quantitative estimate of drug-likeness (QED) is 0.499. The molecule has 2 aromatic rings. The number of aryl methyl sites for hydroxylation is 3. The predicted molar refractivity (Wildman–Crippen MR) is 92.8 cm³/mol. The second-order valence-electron chi connectivity index (χ2n) is 5.61.